The zero-order valence-corrected chi connectivity index (χ0v) is 19.2. The second-order valence-electron chi connectivity index (χ2n) is 8.09. The standard InChI is InChI=1S/C22H40O10/c1-3-5-6-7-8-9-11-18(25)31-15(13-29-17(24)10-4-2)14-30-22-21(28)20(27)19(26)16(12-23)32-22/h15-16,19-23,26-28H,3-14H2,1-2H3/t15-,16-,19+,20+,21-,22-/m1/s1. The SMILES string of the molecule is CCCCCCCCC(=O)O[C@H](COC(=O)CCC)CO[C@@H]1O[C@H](CO)[C@H](O)[C@H](O)[C@H]1O. The van der Waals surface area contributed by atoms with Gasteiger partial charge >= 0.3 is 11.9 Å². The Balaban J connectivity index is 2.57. The Morgan fingerprint density at radius 2 is 1.53 bits per heavy atom. The summed E-state index contributed by atoms with van der Waals surface area (Å²) in [5.41, 5.74) is 0. The monoisotopic (exact) mass is 464 g/mol. The van der Waals surface area contributed by atoms with Gasteiger partial charge in [0.25, 0.3) is 0 Å². The minimum atomic E-state index is -1.58. The van der Waals surface area contributed by atoms with Crippen molar-refractivity contribution < 1.29 is 49.0 Å². The number of hydrogen-bond acceptors (Lipinski definition) is 10. The van der Waals surface area contributed by atoms with Gasteiger partial charge in [-0.05, 0) is 12.8 Å². The van der Waals surface area contributed by atoms with E-state index >= 15 is 0 Å². The van der Waals surface area contributed by atoms with Crippen molar-refractivity contribution in [3.05, 3.63) is 0 Å². The van der Waals surface area contributed by atoms with Gasteiger partial charge < -0.3 is 39.4 Å². The molecule has 1 aliphatic heterocycles. The Bertz CT molecular complexity index is 527. The number of ether oxygens (including phenoxy) is 4. The van der Waals surface area contributed by atoms with Crippen LogP contribution in [0.5, 0.6) is 0 Å². The Labute approximate surface area is 189 Å². The highest BCUT2D eigenvalue weighted by atomic mass is 16.7. The van der Waals surface area contributed by atoms with Gasteiger partial charge in [0.15, 0.2) is 12.4 Å². The molecule has 0 unspecified atom stereocenters. The largest absolute Gasteiger partial charge is 0.462 e. The van der Waals surface area contributed by atoms with Crippen molar-refractivity contribution in [3.8, 4) is 0 Å². The summed E-state index contributed by atoms with van der Waals surface area (Å²) < 4.78 is 21.3. The van der Waals surface area contributed by atoms with Crippen LogP contribution in [0.25, 0.3) is 0 Å². The molecule has 0 aromatic carbocycles. The maximum Gasteiger partial charge on any atom is 0.306 e. The van der Waals surface area contributed by atoms with Gasteiger partial charge in [0, 0.05) is 12.8 Å². The third-order valence-corrected chi connectivity index (χ3v) is 5.21. The number of carbonyl (C=O) groups excluding carboxylic acids is 2. The van der Waals surface area contributed by atoms with Gasteiger partial charge in [-0.15, -0.1) is 0 Å². The number of aliphatic hydroxyl groups is 4. The zero-order valence-electron chi connectivity index (χ0n) is 19.2. The number of carbonyl (C=O) groups is 2. The maximum absolute atomic E-state index is 12.2. The summed E-state index contributed by atoms with van der Waals surface area (Å²) >= 11 is 0. The highest BCUT2D eigenvalue weighted by Gasteiger charge is 2.44. The van der Waals surface area contributed by atoms with Crippen LogP contribution in [0.15, 0.2) is 0 Å². The summed E-state index contributed by atoms with van der Waals surface area (Å²) in [4.78, 5) is 23.9. The van der Waals surface area contributed by atoms with E-state index in [-0.39, 0.29) is 26.1 Å². The molecule has 1 heterocycles. The summed E-state index contributed by atoms with van der Waals surface area (Å²) in [5, 5.41) is 39.0. The molecule has 0 radical (unpaired) electrons. The fourth-order valence-electron chi connectivity index (χ4n) is 3.28. The fourth-order valence-corrected chi connectivity index (χ4v) is 3.28. The topological polar surface area (TPSA) is 152 Å². The van der Waals surface area contributed by atoms with Crippen molar-refractivity contribution >= 4 is 11.9 Å². The lowest BCUT2D eigenvalue weighted by Crippen LogP contribution is -2.59. The van der Waals surface area contributed by atoms with Crippen LogP contribution < -0.4 is 0 Å². The van der Waals surface area contributed by atoms with Crippen LogP contribution in [0.3, 0.4) is 0 Å². The Kier molecular flexibility index (Phi) is 14.7. The quantitative estimate of drug-likeness (QED) is 0.191. The van der Waals surface area contributed by atoms with Crippen LogP contribution in [0.2, 0.25) is 0 Å². The Hall–Kier alpha value is -1.30. The van der Waals surface area contributed by atoms with E-state index in [1.165, 1.54) is 6.42 Å². The van der Waals surface area contributed by atoms with E-state index in [4.69, 9.17) is 18.9 Å². The van der Waals surface area contributed by atoms with Crippen LogP contribution in [-0.2, 0) is 28.5 Å². The first kappa shape index (κ1) is 28.7. The highest BCUT2D eigenvalue weighted by Crippen LogP contribution is 2.22. The molecule has 1 rings (SSSR count). The third kappa shape index (κ3) is 10.5. The number of unbranched alkanes of at least 4 members (excludes halogenated alkanes) is 5. The summed E-state index contributed by atoms with van der Waals surface area (Å²) in [7, 11) is 0. The van der Waals surface area contributed by atoms with Gasteiger partial charge in [-0.25, -0.2) is 0 Å². The van der Waals surface area contributed by atoms with Gasteiger partial charge in [0.1, 0.15) is 31.0 Å². The molecule has 10 nitrogen and oxygen atoms in total. The molecule has 0 saturated carbocycles. The van der Waals surface area contributed by atoms with E-state index < -0.39 is 55.4 Å². The Morgan fingerprint density at radius 1 is 0.844 bits per heavy atom. The lowest BCUT2D eigenvalue weighted by molar-refractivity contribution is -0.305. The van der Waals surface area contributed by atoms with Crippen molar-refractivity contribution in [3.63, 3.8) is 0 Å². The fraction of sp³-hybridized carbons (Fsp3) is 0.909. The molecule has 1 fully saturated rings. The lowest BCUT2D eigenvalue weighted by Gasteiger charge is -2.39. The molecule has 0 bridgehead atoms. The summed E-state index contributed by atoms with van der Waals surface area (Å²) in [6.45, 7) is 2.89. The van der Waals surface area contributed by atoms with Crippen molar-refractivity contribution in [1.82, 2.24) is 0 Å². The van der Waals surface area contributed by atoms with Gasteiger partial charge in [-0.1, -0.05) is 46.0 Å². The van der Waals surface area contributed by atoms with E-state index in [1.54, 1.807) is 0 Å². The predicted octanol–water partition coefficient (Wildman–Crippen LogP) is 0.809. The summed E-state index contributed by atoms with van der Waals surface area (Å²) in [6, 6.07) is 0. The molecule has 0 amide bonds. The first-order valence-electron chi connectivity index (χ1n) is 11.6. The van der Waals surface area contributed by atoms with Crippen molar-refractivity contribution in [2.24, 2.45) is 0 Å². The molecule has 0 aromatic rings. The van der Waals surface area contributed by atoms with E-state index in [2.05, 4.69) is 6.92 Å². The van der Waals surface area contributed by atoms with Crippen molar-refractivity contribution in [2.75, 3.05) is 19.8 Å². The smallest absolute Gasteiger partial charge is 0.306 e. The van der Waals surface area contributed by atoms with E-state index in [9.17, 15) is 30.0 Å². The zero-order chi connectivity index (χ0) is 23.9. The van der Waals surface area contributed by atoms with Gasteiger partial charge in [0.2, 0.25) is 0 Å². The number of hydrogen-bond donors (Lipinski definition) is 4. The molecule has 1 saturated heterocycles. The van der Waals surface area contributed by atoms with Crippen LogP contribution in [0.4, 0.5) is 0 Å². The molecule has 32 heavy (non-hydrogen) atoms. The number of aliphatic hydroxyl groups excluding tert-OH is 4. The molecule has 0 aromatic heterocycles. The third-order valence-electron chi connectivity index (χ3n) is 5.21. The minimum absolute atomic E-state index is 0.224. The molecule has 6 atom stereocenters. The van der Waals surface area contributed by atoms with Crippen LogP contribution in [-0.4, -0.2) is 89.0 Å². The van der Waals surface area contributed by atoms with Crippen molar-refractivity contribution in [2.45, 2.75) is 108 Å². The van der Waals surface area contributed by atoms with E-state index in [1.807, 2.05) is 6.92 Å². The van der Waals surface area contributed by atoms with Crippen LogP contribution in [0.1, 0.15) is 71.6 Å². The number of rotatable bonds is 16. The molecule has 10 heteroatoms. The minimum Gasteiger partial charge on any atom is -0.462 e. The molecular formula is C22H40O10. The average molecular weight is 465 g/mol. The first-order valence-corrected chi connectivity index (χ1v) is 11.6. The number of esters is 2. The molecule has 0 aliphatic carbocycles. The predicted molar refractivity (Wildman–Crippen MR) is 113 cm³/mol. The lowest BCUT2D eigenvalue weighted by atomic mass is 9.99. The second-order valence-corrected chi connectivity index (χ2v) is 8.09. The molecule has 0 spiro atoms. The average Bonchev–Trinajstić information content (AvgIpc) is 2.77. The normalized spacial score (nSPS) is 26.5. The highest BCUT2D eigenvalue weighted by molar-refractivity contribution is 5.70. The van der Waals surface area contributed by atoms with Crippen molar-refractivity contribution in [1.29, 1.82) is 0 Å². The molecular weight excluding hydrogens is 424 g/mol. The van der Waals surface area contributed by atoms with Gasteiger partial charge in [0.05, 0.1) is 13.2 Å². The summed E-state index contributed by atoms with van der Waals surface area (Å²) in [5.74, 6) is -0.883. The van der Waals surface area contributed by atoms with E-state index in [0.717, 1.165) is 25.7 Å². The molecule has 188 valence electrons. The maximum atomic E-state index is 12.2. The first-order chi connectivity index (χ1) is 15.3. The van der Waals surface area contributed by atoms with E-state index in [0.29, 0.717) is 12.8 Å². The Morgan fingerprint density at radius 3 is 2.19 bits per heavy atom. The second kappa shape index (κ2) is 16.3. The molecule has 4 N–H and O–H groups in total. The summed E-state index contributed by atoms with van der Waals surface area (Å²) in [6.07, 6.45) is -0.881. The molecule has 1 aliphatic rings. The van der Waals surface area contributed by atoms with Gasteiger partial charge in [-0.2, -0.15) is 0 Å². The van der Waals surface area contributed by atoms with Gasteiger partial charge in [-0.3, -0.25) is 9.59 Å². The van der Waals surface area contributed by atoms with Crippen LogP contribution in [0, 0.1) is 0 Å². The van der Waals surface area contributed by atoms with Crippen LogP contribution >= 0.6 is 0 Å².